The first-order valence-corrected chi connectivity index (χ1v) is 32.4. The van der Waals surface area contributed by atoms with Gasteiger partial charge in [0.15, 0.2) is 23.3 Å². The zero-order valence-corrected chi connectivity index (χ0v) is 53.0. The summed E-state index contributed by atoms with van der Waals surface area (Å²) in [6.07, 6.45) is 3.04. The minimum atomic E-state index is -4.68. The number of pyridine rings is 3. The molecule has 9 unspecified atom stereocenters. The van der Waals surface area contributed by atoms with Crippen LogP contribution in [0.4, 0.5) is 61.5 Å². The zero-order valence-electron chi connectivity index (χ0n) is 53.0. The number of rotatable bonds is 12. The van der Waals surface area contributed by atoms with Crippen molar-refractivity contribution in [2.24, 2.45) is 17.8 Å². The highest BCUT2D eigenvalue weighted by molar-refractivity contribution is 6.02. The Labute approximate surface area is 567 Å². The minimum Gasteiger partial charge on any atom is -0.332 e. The maximum Gasteiger partial charge on any atom is 0.417 e. The van der Waals surface area contributed by atoms with E-state index < -0.39 is 70.2 Å². The van der Waals surface area contributed by atoms with Gasteiger partial charge in [-0.3, -0.25) is 29.3 Å². The fourth-order valence-corrected chi connectivity index (χ4v) is 15.4. The van der Waals surface area contributed by atoms with Crippen LogP contribution in [0.1, 0.15) is 123 Å². The minimum absolute atomic E-state index is 0.00559. The molecule has 0 N–H and O–H groups in total. The number of carbonyl (C=O) groups excluding carboxylic acids is 3. The molecule has 0 aliphatic carbocycles. The van der Waals surface area contributed by atoms with Gasteiger partial charge < -0.3 is 14.7 Å². The van der Waals surface area contributed by atoms with E-state index in [9.17, 15) is 75.8 Å². The van der Waals surface area contributed by atoms with Crippen LogP contribution < -0.4 is 0 Å². The number of alkyl halides is 9. The van der Waals surface area contributed by atoms with E-state index in [4.69, 9.17) is 0 Å². The number of amides is 3. The van der Waals surface area contributed by atoms with Crippen molar-refractivity contribution in [2.45, 2.75) is 132 Å². The molecule has 6 aliphatic rings. The molecule has 0 saturated carbocycles. The number of halogens is 14. The van der Waals surface area contributed by atoms with Crippen LogP contribution in [0, 0.1) is 46.8 Å². The van der Waals surface area contributed by atoms with Gasteiger partial charge in [-0.25, -0.2) is 51.9 Å². The Morgan fingerprint density at radius 1 is 0.366 bits per heavy atom. The van der Waals surface area contributed by atoms with E-state index >= 15 is 0 Å². The highest BCUT2D eigenvalue weighted by Crippen LogP contribution is 2.48. The van der Waals surface area contributed by atoms with E-state index in [1.807, 2.05) is 11.0 Å². The predicted molar refractivity (Wildman–Crippen MR) is 334 cm³/mol. The largest absolute Gasteiger partial charge is 0.417 e. The lowest BCUT2D eigenvalue weighted by atomic mass is 9.85. The summed E-state index contributed by atoms with van der Waals surface area (Å²) in [4.78, 5) is 82.0. The lowest BCUT2D eigenvalue weighted by Gasteiger charge is -2.25. The maximum atomic E-state index is 14.9. The Hall–Kier alpha value is -10.2. The van der Waals surface area contributed by atoms with Gasteiger partial charge in [0.1, 0.15) is 23.3 Å². The summed E-state index contributed by atoms with van der Waals surface area (Å²) in [5, 5.41) is 0. The fourth-order valence-electron chi connectivity index (χ4n) is 15.4. The van der Waals surface area contributed by atoms with E-state index in [-0.39, 0.29) is 125 Å². The lowest BCUT2D eigenvalue weighted by Crippen LogP contribution is -2.37. The van der Waals surface area contributed by atoms with Gasteiger partial charge in [0.25, 0.3) is 17.7 Å². The van der Waals surface area contributed by atoms with Crippen molar-refractivity contribution in [3.8, 4) is 34.2 Å². The number of aromatic nitrogens is 9. The number of nitrogens with zero attached hydrogens (tertiary/aromatic N) is 12. The second-order valence-corrected chi connectivity index (χ2v) is 25.7. The third kappa shape index (κ3) is 14.3. The van der Waals surface area contributed by atoms with Crippen LogP contribution in [-0.4, -0.2) is 114 Å². The van der Waals surface area contributed by atoms with Crippen LogP contribution in [0.2, 0.25) is 0 Å². The number of benzene rings is 3. The van der Waals surface area contributed by atoms with Crippen LogP contribution in [0.3, 0.4) is 0 Å². The molecular weight excluding hydrogens is 1350 g/mol. The van der Waals surface area contributed by atoms with E-state index in [2.05, 4.69) is 44.9 Å². The highest BCUT2D eigenvalue weighted by Gasteiger charge is 2.52. The SMILES string of the molecule is O=C(c1c(F)cccc1-c1ncccn1)N1C2CCC1C(Cc1ncc(C(F)(F)F)cc1F)C2.O=C(c1ccccc1-c1ncc(F)cn1)N1C2CCC1C(Cc1ncc(C(F)(F)F)cc1F)C2.O=C(c1ccccc1-c1ncccn1)N1C2CCC1C(Cc1ncc(C(F)(F)F)cc1F)C2. The summed E-state index contributed by atoms with van der Waals surface area (Å²) in [6, 6.07) is 22.2. The summed E-state index contributed by atoms with van der Waals surface area (Å²) < 4.78 is 187. The third-order valence-electron chi connectivity index (χ3n) is 19.8. The summed E-state index contributed by atoms with van der Waals surface area (Å²) in [5.41, 5.74) is -1.31. The molecule has 3 aromatic carbocycles. The van der Waals surface area contributed by atoms with Gasteiger partial charge in [0.05, 0.1) is 62.9 Å². The van der Waals surface area contributed by atoms with E-state index in [1.54, 1.807) is 82.9 Å². The van der Waals surface area contributed by atoms with Crippen molar-refractivity contribution >= 4 is 17.7 Å². The standard InChI is InChI=1S/2C24H19F5N4O.C24H20F4N4O/c25-17-4-1-3-16(22-30-7-2-8-31-22)21(17)23(34)33-15-5-6-20(33)13(9-15)10-19-18(26)11-14(12-32-19)24(27,28)29;25-15-11-31-22(32-12-15)17-3-1-2-4-18(17)23(34)33-16-5-6-21(33)13(7-16)8-20-19(26)9-14(10-30-20)24(27,28)29;25-19-12-15(24(26,27)28)13-31-20(19)11-14-10-16-6-7-21(14)32(16)23(33)18-5-2-1-4-17(18)22-29-8-3-9-30-22/h1-4,7-8,11-13,15,20H,5-6,9-10H2;1-4,9-13,16,21H,5-8H2;1-5,8-9,12-14,16,21H,6-7,10-11H2. The van der Waals surface area contributed by atoms with Gasteiger partial charge in [-0.15, -0.1) is 0 Å². The van der Waals surface area contributed by atoms with E-state index in [1.165, 1.54) is 24.5 Å². The van der Waals surface area contributed by atoms with Crippen molar-refractivity contribution in [3.05, 3.63) is 232 Å². The van der Waals surface area contributed by atoms with Crippen LogP contribution in [0.25, 0.3) is 34.2 Å². The normalized spacial score (nSPS) is 21.9. The van der Waals surface area contributed by atoms with Gasteiger partial charge >= 0.3 is 18.5 Å². The first kappa shape index (κ1) is 69.3. The van der Waals surface area contributed by atoms with Crippen LogP contribution in [0.5, 0.6) is 0 Å². The summed E-state index contributed by atoms with van der Waals surface area (Å²) in [7, 11) is 0. The van der Waals surface area contributed by atoms with Crippen molar-refractivity contribution in [1.29, 1.82) is 0 Å². The molecule has 522 valence electrons. The molecule has 9 atom stereocenters. The molecule has 6 aliphatic heterocycles. The zero-order chi connectivity index (χ0) is 71.2. The fraction of sp³-hybridized carbons (Fsp3) is 0.333. The van der Waals surface area contributed by atoms with Gasteiger partial charge in [-0.2, -0.15) is 39.5 Å². The average Bonchev–Trinajstić information content (AvgIpc) is 1.62. The molecule has 3 amide bonds. The summed E-state index contributed by atoms with van der Waals surface area (Å²) >= 11 is 0. The molecule has 6 fully saturated rings. The van der Waals surface area contributed by atoms with Crippen LogP contribution in [-0.2, 0) is 37.8 Å². The average molecular weight is 1410 g/mol. The molecule has 12 heterocycles. The quantitative estimate of drug-likeness (QED) is 0.106. The molecule has 6 aromatic heterocycles. The van der Waals surface area contributed by atoms with Crippen LogP contribution >= 0.6 is 0 Å². The Kier molecular flexibility index (Phi) is 19.2. The summed E-state index contributed by atoms with van der Waals surface area (Å²) in [6.45, 7) is 0. The summed E-state index contributed by atoms with van der Waals surface area (Å²) in [5.74, 6) is -4.55. The van der Waals surface area contributed by atoms with Crippen molar-refractivity contribution in [3.63, 3.8) is 0 Å². The lowest BCUT2D eigenvalue weighted by molar-refractivity contribution is -0.138. The molecule has 6 bridgehead atoms. The highest BCUT2D eigenvalue weighted by atomic mass is 19.4. The first-order valence-electron chi connectivity index (χ1n) is 32.4. The van der Waals surface area contributed by atoms with Gasteiger partial charge in [-0.05, 0) is 143 Å². The number of hydrogen-bond acceptors (Lipinski definition) is 12. The molecular formula is C72H58F14N12O3. The van der Waals surface area contributed by atoms with Crippen molar-refractivity contribution in [1.82, 2.24) is 59.6 Å². The first-order chi connectivity index (χ1) is 48.3. The number of fused-ring (bicyclic) bond motifs is 6. The number of carbonyl (C=O) groups is 3. The van der Waals surface area contributed by atoms with E-state index in [0.717, 1.165) is 44.5 Å². The van der Waals surface area contributed by atoms with Crippen molar-refractivity contribution < 1.29 is 75.8 Å². The Morgan fingerprint density at radius 3 is 1.07 bits per heavy atom. The maximum absolute atomic E-state index is 14.9. The van der Waals surface area contributed by atoms with Gasteiger partial charge in [0, 0.05) is 96.3 Å². The molecule has 0 spiro atoms. The van der Waals surface area contributed by atoms with Crippen molar-refractivity contribution in [2.75, 3.05) is 0 Å². The molecule has 29 heteroatoms. The Balaban J connectivity index is 0.000000135. The Morgan fingerprint density at radius 2 is 0.703 bits per heavy atom. The van der Waals surface area contributed by atoms with Crippen LogP contribution in [0.15, 0.2) is 153 Å². The molecule has 9 aromatic rings. The second-order valence-electron chi connectivity index (χ2n) is 25.7. The second kappa shape index (κ2) is 28.1. The number of hydrogen-bond donors (Lipinski definition) is 0. The monoisotopic (exact) mass is 1400 g/mol. The molecule has 15 rings (SSSR count). The topological polar surface area (TPSA) is 177 Å². The van der Waals surface area contributed by atoms with E-state index in [0.29, 0.717) is 90.6 Å². The van der Waals surface area contributed by atoms with Gasteiger partial charge in [-0.1, -0.05) is 48.5 Å². The molecule has 15 nitrogen and oxygen atoms in total. The molecule has 0 radical (unpaired) electrons. The third-order valence-corrected chi connectivity index (χ3v) is 19.8. The Bertz CT molecular complexity index is 4550. The predicted octanol–water partition coefficient (Wildman–Crippen LogP) is 15.1. The van der Waals surface area contributed by atoms with Gasteiger partial charge in [0.2, 0.25) is 0 Å². The smallest absolute Gasteiger partial charge is 0.332 e. The molecule has 6 saturated heterocycles. The molecule has 101 heavy (non-hydrogen) atoms.